The highest BCUT2D eigenvalue weighted by molar-refractivity contribution is 5.55. The second-order valence-electron chi connectivity index (χ2n) is 5.04. The van der Waals surface area contributed by atoms with Gasteiger partial charge in [0.1, 0.15) is 5.82 Å². The summed E-state index contributed by atoms with van der Waals surface area (Å²) in [4.78, 5) is 0. The third kappa shape index (κ3) is 3.35. The Hall–Kier alpha value is -1.25. The van der Waals surface area contributed by atoms with Gasteiger partial charge >= 0.3 is 0 Å². The van der Waals surface area contributed by atoms with Crippen LogP contribution in [0.1, 0.15) is 39.0 Å². The van der Waals surface area contributed by atoms with Crippen LogP contribution in [0, 0.1) is 11.7 Å². The lowest BCUT2D eigenvalue weighted by Crippen LogP contribution is -2.25. The van der Waals surface area contributed by atoms with E-state index in [1.807, 2.05) is 0 Å². The second-order valence-corrected chi connectivity index (χ2v) is 5.04. The van der Waals surface area contributed by atoms with Crippen LogP contribution in [0.4, 0.5) is 15.8 Å². The fourth-order valence-electron chi connectivity index (χ4n) is 2.65. The minimum Gasteiger partial charge on any atom is -0.399 e. The van der Waals surface area contributed by atoms with Crippen molar-refractivity contribution in [1.82, 2.24) is 0 Å². The van der Waals surface area contributed by atoms with Crippen LogP contribution in [0.5, 0.6) is 0 Å². The lowest BCUT2D eigenvalue weighted by molar-refractivity contribution is 0.330. The number of rotatable bonds is 3. The summed E-state index contributed by atoms with van der Waals surface area (Å²) in [6.07, 6.45) is 6.18. The maximum absolute atomic E-state index is 13.2. The summed E-state index contributed by atoms with van der Waals surface area (Å²) in [5.74, 6) is 0.611. The van der Waals surface area contributed by atoms with Gasteiger partial charge in [-0.15, -0.1) is 0 Å². The van der Waals surface area contributed by atoms with Crippen molar-refractivity contribution in [2.75, 3.05) is 11.1 Å². The van der Waals surface area contributed by atoms with Crippen LogP contribution in [0.3, 0.4) is 0 Å². The monoisotopic (exact) mass is 236 g/mol. The van der Waals surface area contributed by atoms with Gasteiger partial charge in [0.25, 0.3) is 0 Å². The van der Waals surface area contributed by atoms with Crippen LogP contribution in [0.2, 0.25) is 0 Å². The van der Waals surface area contributed by atoms with Gasteiger partial charge in [0, 0.05) is 17.4 Å². The van der Waals surface area contributed by atoms with Gasteiger partial charge in [0.2, 0.25) is 0 Å². The van der Waals surface area contributed by atoms with E-state index in [0.717, 1.165) is 11.6 Å². The van der Waals surface area contributed by atoms with E-state index in [9.17, 15) is 4.39 Å². The normalized spacial score (nSPS) is 24.6. The average Bonchev–Trinajstić information content (AvgIpc) is 2.28. The predicted octanol–water partition coefficient (Wildman–Crippen LogP) is 3.79. The SMILES string of the molecule is CCC1CCC(Nc2cc(N)cc(F)c2)CC1. The Balaban J connectivity index is 1.93. The second kappa shape index (κ2) is 5.39. The molecule has 1 aliphatic rings. The van der Waals surface area contributed by atoms with Gasteiger partial charge in [-0.1, -0.05) is 13.3 Å². The highest BCUT2D eigenvalue weighted by atomic mass is 19.1. The minimum absolute atomic E-state index is 0.269. The number of nitrogens with two attached hydrogens (primary N) is 1. The first-order chi connectivity index (χ1) is 8.17. The standard InChI is InChI=1S/C14H21FN2/c1-2-10-3-5-13(6-4-10)17-14-8-11(15)7-12(16)9-14/h7-10,13,17H,2-6,16H2,1H3. The van der Waals surface area contributed by atoms with E-state index in [0.29, 0.717) is 11.7 Å². The fraction of sp³-hybridized carbons (Fsp3) is 0.571. The van der Waals surface area contributed by atoms with Crippen molar-refractivity contribution in [3.63, 3.8) is 0 Å². The molecular formula is C14H21FN2. The third-order valence-electron chi connectivity index (χ3n) is 3.72. The van der Waals surface area contributed by atoms with Gasteiger partial charge in [-0.05, 0) is 49.8 Å². The molecule has 0 amide bonds. The highest BCUT2D eigenvalue weighted by Crippen LogP contribution is 2.29. The number of benzene rings is 1. The largest absolute Gasteiger partial charge is 0.399 e. The highest BCUT2D eigenvalue weighted by Gasteiger charge is 2.19. The van der Waals surface area contributed by atoms with Gasteiger partial charge in [0.15, 0.2) is 0 Å². The molecule has 2 rings (SSSR count). The molecule has 0 radical (unpaired) electrons. The van der Waals surface area contributed by atoms with Crippen molar-refractivity contribution in [2.24, 2.45) is 5.92 Å². The molecular weight excluding hydrogens is 215 g/mol. The minimum atomic E-state index is -0.269. The van der Waals surface area contributed by atoms with E-state index < -0.39 is 0 Å². The molecule has 0 atom stereocenters. The first-order valence-electron chi connectivity index (χ1n) is 6.50. The lowest BCUT2D eigenvalue weighted by Gasteiger charge is -2.29. The summed E-state index contributed by atoms with van der Waals surface area (Å²) < 4.78 is 13.2. The van der Waals surface area contributed by atoms with E-state index in [1.54, 1.807) is 6.07 Å². The van der Waals surface area contributed by atoms with Crippen LogP contribution in [0.15, 0.2) is 18.2 Å². The average molecular weight is 236 g/mol. The Labute approximate surface area is 102 Å². The Bertz CT molecular complexity index is 350. The van der Waals surface area contributed by atoms with E-state index in [2.05, 4.69) is 12.2 Å². The zero-order valence-electron chi connectivity index (χ0n) is 10.4. The lowest BCUT2D eigenvalue weighted by atomic mass is 9.84. The molecule has 1 aromatic rings. The molecule has 0 heterocycles. The van der Waals surface area contributed by atoms with Crippen molar-refractivity contribution in [3.8, 4) is 0 Å². The molecule has 1 aliphatic carbocycles. The Kier molecular flexibility index (Phi) is 3.87. The molecule has 1 aromatic carbocycles. The van der Waals surface area contributed by atoms with E-state index in [4.69, 9.17) is 5.73 Å². The van der Waals surface area contributed by atoms with E-state index >= 15 is 0 Å². The number of hydrogen-bond donors (Lipinski definition) is 2. The van der Waals surface area contributed by atoms with E-state index in [-0.39, 0.29) is 5.82 Å². The summed E-state index contributed by atoms with van der Waals surface area (Å²) in [7, 11) is 0. The molecule has 1 saturated carbocycles. The summed E-state index contributed by atoms with van der Waals surface area (Å²) in [6.45, 7) is 2.26. The molecule has 0 saturated heterocycles. The number of anilines is 2. The number of halogens is 1. The van der Waals surface area contributed by atoms with Crippen molar-refractivity contribution < 1.29 is 4.39 Å². The quantitative estimate of drug-likeness (QED) is 0.784. The van der Waals surface area contributed by atoms with Crippen molar-refractivity contribution in [1.29, 1.82) is 0 Å². The molecule has 0 unspecified atom stereocenters. The van der Waals surface area contributed by atoms with Gasteiger partial charge in [-0.2, -0.15) is 0 Å². The third-order valence-corrected chi connectivity index (χ3v) is 3.72. The molecule has 3 heteroatoms. The van der Waals surface area contributed by atoms with Gasteiger partial charge < -0.3 is 11.1 Å². The van der Waals surface area contributed by atoms with Gasteiger partial charge in [-0.3, -0.25) is 0 Å². The molecule has 0 aromatic heterocycles. The Morgan fingerprint density at radius 2 is 1.94 bits per heavy atom. The smallest absolute Gasteiger partial charge is 0.127 e. The maximum atomic E-state index is 13.2. The maximum Gasteiger partial charge on any atom is 0.127 e. The molecule has 94 valence electrons. The van der Waals surface area contributed by atoms with Crippen LogP contribution in [-0.4, -0.2) is 6.04 Å². The van der Waals surface area contributed by atoms with Crippen LogP contribution < -0.4 is 11.1 Å². The Morgan fingerprint density at radius 1 is 1.24 bits per heavy atom. The summed E-state index contributed by atoms with van der Waals surface area (Å²) in [6, 6.07) is 5.13. The number of hydrogen-bond acceptors (Lipinski definition) is 2. The first-order valence-corrected chi connectivity index (χ1v) is 6.50. The summed E-state index contributed by atoms with van der Waals surface area (Å²) in [5, 5.41) is 3.39. The molecule has 1 fully saturated rings. The van der Waals surface area contributed by atoms with Crippen LogP contribution >= 0.6 is 0 Å². The Morgan fingerprint density at radius 3 is 2.53 bits per heavy atom. The molecule has 0 bridgehead atoms. The topological polar surface area (TPSA) is 38.0 Å². The summed E-state index contributed by atoms with van der Waals surface area (Å²) in [5.41, 5.74) is 6.92. The fourth-order valence-corrected chi connectivity index (χ4v) is 2.65. The zero-order chi connectivity index (χ0) is 12.3. The number of nitrogens with one attached hydrogen (secondary N) is 1. The molecule has 17 heavy (non-hydrogen) atoms. The zero-order valence-corrected chi connectivity index (χ0v) is 10.4. The van der Waals surface area contributed by atoms with Crippen molar-refractivity contribution >= 4 is 11.4 Å². The molecule has 0 spiro atoms. The van der Waals surface area contributed by atoms with Gasteiger partial charge in [-0.25, -0.2) is 4.39 Å². The van der Waals surface area contributed by atoms with Crippen LogP contribution in [0.25, 0.3) is 0 Å². The molecule has 3 N–H and O–H groups in total. The summed E-state index contributed by atoms with van der Waals surface area (Å²) >= 11 is 0. The number of nitrogen functional groups attached to an aromatic ring is 1. The van der Waals surface area contributed by atoms with Crippen molar-refractivity contribution in [3.05, 3.63) is 24.0 Å². The predicted molar refractivity (Wildman–Crippen MR) is 70.5 cm³/mol. The van der Waals surface area contributed by atoms with Gasteiger partial charge in [0.05, 0.1) is 0 Å². The molecule has 2 nitrogen and oxygen atoms in total. The first kappa shape index (κ1) is 12.2. The van der Waals surface area contributed by atoms with E-state index in [1.165, 1.54) is 44.2 Å². The van der Waals surface area contributed by atoms with Crippen molar-refractivity contribution in [2.45, 2.75) is 45.1 Å². The molecule has 0 aliphatic heterocycles. The van der Waals surface area contributed by atoms with Crippen LogP contribution in [-0.2, 0) is 0 Å².